The van der Waals surface area contributed by atoms with Gasteiger partial charge >= 0.3 is 0 Å². The zero-order valence-corrected chi connectivity index (χ0v) is 20.7. The summed E-state index contributed by atoms with van der Waals surface area (Å²) in [6, 6.07) is 19.8. The molecular formula is C26H25ClN2O5S. The molecule has 1 heterocycles. The van der Waals surface area contributed by atoms with Crippen molar-refractivity contribution in [3.8, 4) is 5.75 Å². The molecule has 4 rings (SSSR count). The molecule has 0 spiro atoms. The number of rotatable bonds is 7. The van der Waals surface area contributed by atoms with Crippen LogP contribution in [0.1, 0.15) is 28.8 Å². The largest absolute Gasteiger partial charge is 0.497 e. The monoisotopic (exact) mass is 512 g/mol. The van der Waals surface area contributed by atoms with Gasteiger partial charge < -0.3 is 10.1 Å². The summed E-state index contributed by atoms with van der Waals surface area (Å²) in [6.07, 6.45) is 0.744. The zero-order valence-electron chi connectivity index (χ0n) is 19.1. The van der Waals surface area contributed by atoms with E-state index >= 15 is 0 Å². The molecule has 1 saturated heterocycles. The maximum atomic E-state index is 13.0. The van der Waals surface area contributed by atoms with Gasteiger partial charge in [-0.1, -0.05) is 41.9 Å². The second-order valence-electron chi connectivity index (χ2n) is 8.23. The first-order chi connectivity index (χ1) is 16.8. The van der Waals surface area contributed by atoms with Gasteiger partial charge in [-0.25, -0.2) is 8.42 Å². The Morgan fingerprint density at radius 2 is 1.63 bits per heavy atom. The van der Waals surface area contributed by atoms with Crippen LogP contribution in [0.2, 0.25) is 5.02 Å². The SMILES string of the molecule is COc1ccc(S(=O)(=O)N2CCC(C(=O)Nc3ccc(Cl)cc3C(=O)c3ccccc3)CC2)cc1. The number of piperidine rings is 1. The number of benzene rings is 3. The highest BCUT2D eigenvalue weighted by Gasteiger charge is 2.32. The van der Waals surface area contributed by atoms with Crippen LogP contribution in [0, 0.1) is 5.92 Å². The third-order valence-corrected chi connectivity index (χ3v) is 8.19. The number of carbonyl (C=O) groups excluding carboxylic acids is 2. The van der Waals surface area contributed by atoms with E-state index in [-0.39, 0.29) is 35.6 Å². The van der Waals surface area contributed by atoms with E-state index in [4.69, 9.17) is 16.3 Å². The molecule has 0 unspecified atom stereocenters. The van der Waals surface area contributed by atoms with Crippen LogP contribution in [0.4, 0.5) is 5.69 Å². The lowest BCUT2D eigenvalue weighted by Crippen LogP contribution is -2.41. The van der Waals surface area contributed by atoms with Crippen LogP contribution in [0.15, 0.2) is 77.7 Å². The molecule has 7 nitrogen and oxygen atoms in total. The van der Waals surface area contributed by atoms with Gasteiger partial charge in [-0.2, -0.15) is 4.31 Å². The van der Waals surface area contributed by atoms with Gasteiger partial charge in [0.25, 0.3) is 0 Å². The molecule has 0 atom stereocenters. The van der Waals surface area contributed by atoms with Crippen LogP contribution >= 0.6 is 11.6 Å². The first kappa shape index (κ1) is 24.9. The predicted octanol–water partition coefficient (Wildman–Crippen LogP) is 4.62. The van der Waals surface area contributed by atoms with Crippen LogP contribution in [0.5, 0.6) is 5.75 Å². The molecular weight excluding hydrogens is 488 g/mol. The number of anilines is 1. The Kier molecular flexibility index (Phi) is 7.54. The normalized spacial score (nSPS) is 14.9. The molecule has 3 aromatic rings. The molecule has 1 aliphatic heterocycles. The Morgan fingerprint density at radius 1 is 0.971 bits per heavy atom. The number of methoxy groups -OCH3 is 1. The molecule has 1 fully saturated rings. The van der Waals surface area contributed by atoms with Crippen molar-refractivity contribution in [1.29, 1.82) is 0 Å². The lowest BCUT2D eigenvalue weighted by molar-refractivity contribution is -0.120. The van der Waals surface area contributed by atoms with Crippen LogP contribution in [0.3, 0.4) is 0 Å². The molecule has 1 N–H and O–H groups in total. The quantitative estimate of drug-likeness (QED) is 0.466. The molecule has 0 aromatic heterocycles. The van der Waals surface area contributed by atoms with Crippen molar-refractivity contribution in [2.75, 3.05) is 25.5 Å². The molecule has 0 saturated carbocycles. The molecule has 0 radical (unpaired) electrons. The van der Waals surface area contributed by atoms with Gasteiger partial charge in [-0.3, -0.25) is 9.59 Å². The fourth-order valence-corrected chi connectivity index (χ4v) is 5.69. The average Bonchev–Trinajstić information content (AvgIpc) is 2.89. The minimum absolute atomic E-state index is 0.187. The summed E-state index contributed by atoms with van der Waals surface area (Å²) < 4.78 is 32.4. The zero-order chi connectivity index (χ0) is 25.0. The van der Waals surface area contributed by atoms with Crippen molar-refractivity contribution >= 4 is 39.0 Å². The molecule has 1 aliphatic rings. The highest BCUT2D eigenvalue weighted by atomic mass is 35.5. The van der Waals surface area contributed by atoms with Gasteiger partial charge in [0.15, 0.2) is 5.78 Å². The van der Waals surface area contributed by atoms with Crippen molar-refractivity contribution in [1.82, 2.24) is 4.31 Å². The number of nitrogens with one attached hydrogen (secondary N) is 1. The number of hydrogen-bond donors (Lipinski definition) is 1. The van der Waals surface area contributed by atoms with Crippen LogP contribution in [-0.2, 0) is 14.8 Å². The first-order valence-electron chi connectivity index (χ1n) is 11.1. The van der Waals surface area contributed by atoms with Crippen molar-refractivity contribution in [3.05, 3.63) is 88.9 Å². The van der Waals surface area contributed by atoms with Gasteiger partial charge in [0.05, 0.1) is 17.7 Å². The standard InChI is InChI=1S/C26H25ClN2O5S/c1-34-21-8-10-22(11-9-21)35(32,33)29-15-13-19(14-16-29)26(31)28-24-12-7-20(27)17-23(24)25(30)18-5-3-2-4-6-18/h2-12,17,19H,13-16H2,1H3,(H,28,31). The molecule has 9 heteroatoms. The number of ether oxygens (including phenoxy) is 1. The van der Waals surface area contributed by atoms with E-state index in [1.165, 1.54) is 29.6 Å². The summed E-state index contributed by atoms with van der Waals surface area (Å²) in [7, 11) is -2.14. The molecule has 35 heavy (non-hydrogen) atoms. The second kappa shape index (κ2) is 10.6. The van der Waals surface area contributed by atoms with Gasteiger partial charge in [0, 0.05) is 35.2 Å². The van der Waals surface area contributed by atoms with Crippen LogP contribution in [0.25, 0.3) is 0 Å². The molecule has 182 valence electrons. The Balaban J connectivity index is 1.44. The maximum Gasteiger partial charge on any atom is 0.243 e. The number of nitrogens with zero attached hydrogens (tertiary/aromatic N) is 1. The van der Waals surface area contributed by atoms with E-state index in [0.717, 1.165) is 0 Å². The molecule has 0 bridgehead atoms. The number of amides is 1. The minimum Gasteiger partial charge on any atom is -0.497 e. The third-order valence-electron chi connectivity index (χ3n) is 6.04. The first-order valence-corrected chi connectivity index (χ1v) is 13.0. The van der Waals surface area contributed by atoms with Crippen molar-refractivity contribution in [3.63, 3.8) is 0 Å². The molecule has 1 amide bonds. The van der Waals surface area contributed by atoms with Crippen molar-refractivity contribution in [2.45, 2.75) is 17.7 Å². The number of halogens is 1. The Hall–Kier alpha value is -3.20. The van der Waals surface area contributed by atoms with Crippen LogP contribution < -0.4 is 10.1 Å². The van der Waals surface area contributed by atoms with Crippen molar-refractivity contribution in [2.24, 2.45) is 5.92 Å². The summed E-state index contributed by atoms with van der Waals surface area (Å²) in [6.45, 7) is 0.450. The van der Waals surface area contributed by atoms with Gasteiger partial charge in [-0.05, 0) is 55.3 Å². The Labute approximate surface area is 209 Å². The second-order valence-corrected chi connectivity index (χ2v) is 10.6. The van der Waals surface area contributed by atoms with E-state index in [2.05, 4.69) is 5.32 Å². The minimum atomic E-state index is -3.66. The van der Waals surface area contributed by atoms with E-state index in [1.54, 1.807) is 48.5 Å². The van der Waals surface area contributed by atoms with E-state index in [9.17, 15) is 18.0 Å². The van der Waals surface area contributed by atoms with Crippen molar-refractivity contribution < 1.29 is 22.7 Å². The topological polar surface area (TPSA) is 92.8 Å². The fraction of sp³-hybridized carbons (Fsp3) is 0.231. The Bertz CT molecular complexity index is 1320. The number of carbonyl (C=O) groups is 2. The maximum absolute atomic E-state index is 13.0. The number of sulfonamides is 1. The number of ketones is 1. The molecule has 3 aromatic carbocycles. The summed E-state index contributed by atoms with van der Waals surface area (Å²) in [4.78, 5) is 26.2. The smallest absolute Gasteiger partial charge is 0.243 e. The summed E-state index contributed by atoms with van der Waals surface area (Å²) in [5.74, 6) is -0.306. The van der Waals surface area contributed by atoms with Gasteiger partial charge in [0.2, 0.25) is 15.9 Å². The predicted molar refractivity (Wildman–Crippen MR) is 134 cm³/mol. The molecule has 0 aliphatic carbocycles. The van der Waals surface area contributed by atoms with Gasteiger partial charge in [-0.15, -0.1) is 0 Å². The third kappa shape index (κ3) is 5.56. The lowest BCUT2D eigenvalue weighted by atomic mass is 9.96. The van der Waals surface area contributed by atoms with Crippen LogP contribution in [-0.4, -0.2) is 44.6 Å². The fourth-order valence-electron chi connectivity index (χ4n) is 4.05. The lowest BCUT2D eigenvalue weighted by Gasteiger charge is -2.30. The highest BCUT2D eigenvalue weighted by Crippen LogP contribution is 2.28. The number of hydrogen-bond acceptors (Lipinski definition) is 5. The Morgan fingerprint density at radius 3 is 2.26 bits per heavy atom. The van der Waals surface area contributed by atoms with E-state index in [0.29, 0.717) is 40.4 Å². The summed E-state index contributed by atoms with van der Waals surface area (Å²) in [5.41, 5.74) is 1.17. The average molecular weight is 513 g/mol. The summed E-state index contributed by atoms with van der Waals surface area (Å²) >= 11 is 6.13. The van der Waals surface area contributed by atoms with Gasteiger partial charge in [0.1, 0.15) is 5.75 Å². The van der Waals surface area contributed by atoms with E-state index < -0.39 is 10.0 Å². The summed E-state index contributed by atoms with van der Waals surface area (Å²) in [5, 5.41) is 3.24. The van der Waals surface area contributed by atoms with E-state index in [1.807, 2.05) is 6.07 Å². The highest BCUT2D eigenvalue weighted by molar-refractivity contribution is 7.89.